The molecule has 5 heteroatoms. The molecular weight excluding hydrogens is 316 g/mol. The molecule has 0 spiro atoms. The van der Waals surface area contributed by atoms with Gasteiger partial charge in [-0.15, -0.1) is 11.8 Å². The number of nitriles is 1. The molecule has 2 aromatic carbocycles. The number of rotatable bonds is 5. The van der Waals surface area contributed by atoms with Crippen molar-refractivity contribution in [3.8, 4) is 6.07 Å². The maximum absolute atomic E-state index is 11.9. The van der Waals surface area contributed by atoms with E-state index in [1.165, 1.54) is 11.8 Å². The van der Waals surface area contributed by atoms with Crippen molar-refractivity contribution in [2.75, 3.05) is 11.1 Å². The number of nitrogens with one attached hydrogen (secondary N) is 1. The van der Waals surface area contributed by atoms with E-state index >= 15 is 0 Å². The highest BCUT2D eigenvalue weighted by atomic mass is 35.5. The third-order valence-electron chi connectivity index (χ3n) is 3.13. The monoisotopic (exact) mass is 330 g/mol. The topological polar surface area (TPSA) is 52.9 Å². The van der Waals surface area contributed by atoms with Crippen molar-refractivity contribution in [3.63, 3.8) is 0 Å². The van der Waals surface area contributed by atoms with E-state index in [1.54, 1.807) is 18.2 Å². The van der Waals surface area contributed by atoms with Crippen molar-refractivity contribution in [1.82, 2.24) is 0 Å². The van der Waals surface area contributed by atoms with Gasteiger partial charge in [-0.05, 0) is 42.3 Å². The molecule has 2 aromatic rings. The fraction of sp³-hybridized carbons (Fsp3) is 0.176. The minimum atomic E-state index is -0.0518. The molecule has 0 aliphatic rings. The summed E-state index contributed by atoms with van der Waals surface area (Å²) in [4.78, 5) is 11.9. The Kier molecular flexibility index (Phi) is 5.88. The second-order valence-corrected chi connectivity index (χ2v) is 6.15. The maximum atomic E-state index is 11.9. The molecule has 0 aliphatic heterocycles. The quantitative estimate of drug-likeness (QED) is 0.884. The minimum Gasteiger partial charge on any atom is -0.325 e. The molecule has 0 atom stereocenters. The molecule has 112 valence electrons. The summed E-state index contributed by atoms with van der Waals surface area (Å²) in [6.07, 6.45) is 0. The summed E-state index contributed by atoms with van der Waals surface area (Å²) in [7, 11) is 0. The Hall–Kier alpha value is -1.96. The molecule has 3 nitrogen and oxygen atoms in total. The van der Waals surface area contributed by atoms with Crippen LogP contribution in [0.3, 0.4) is 0 Å². The van der Waals surface area contributed by atoms with E-state index in [2.05, 4.69) is 11.4 Å². The number of carbonyl (C=O) groups excluding carboxylic acids is 1. The van der Waals surface area contributed by atoms with Crippen molar-refractivity contribution in [2.45, 2.75) is 12.7 Å². The first kappa shape index (κ1) is 16.4. The second kappa shape index (κ2) is 7.88. The van der Waals surface area contributed by atoms with Gasteiger partial charge in [0.1, 0.15) is 0 Å². The first-order chi connectivity index (χ1) is 10.6. The Morgan fingerprint density at radius 3 is 2.68 bits per heavy atom. The molecule has 0 aliphatic carbocycles. The van der Waals surface area contributed by atoms with Gasteiger partial charge < -0.3 is 5.32 Å². The van der Waals surface area contributed by atoms with Crippen LogP contribution in [-0.2, 0) is 10.5 Å². The van der Waals surface area contributed by atoms with E-state index in [4.69, 9.17) is 16.9 Å². The van der Waals surface area contributed by atoms with Gasteiger partial charge in [-0.3, -0.25) is 4.79 Å². The smallest absolute Gasteiger partial charge is 0.234 e. The Labute approximate surface area is 139 Å². The summed E-state index contributed by atoms with van der Waals surface area (Å²) in [6.45, 7) is 1.88. The number of benzene rings is 2. The lowest BCUT2D eigenvalue weighted by Crippen LogP contribution is -2.15. The Balaban J connectivity index is 1.82. The lowest BCUT2D eigenvalue weighted by Gasteiger charge is -2.09. The first-order valence-corrected chi connectivity index (χ1v) is 8.25. The predicted molar refractivity (Wildman–Crippen MR) is 92.1 cm³/mol. The van der Waals surface area contributed by atoms with E-state index in [1.807, 2.05) is 31.2 Å². The minimum absolute atomic E-state index is 0.0518. The van der Waals surface area contributed by atoms with Crippen LogP contribution in [0.25, 0.3) is 0 Å². The lowest BCUT2D eigenvalue weighted by atomic mass is 10.2. The highest BCUT2D eigenvalue weighted by Gasteiger charge is 2.07. The summed E-state index contributed by atoms with van der Waals surface area (Å²) < 4.78 is 0. The van der Waals surface area contributed by atoms with Crippen LogP contribution in [0.5, 0.6) is 0 Å². The highest BCUT2D eigenvalue weighted by molar-refractivity contribution is 7.99. The average Bonchev–Trinajstić information content (AvgIpc) is 2.52. The third kappa shape index (κ3) is 4.52. The van der Waals surface area contributed by atoms with Crippen LogP contribution in [0.15, 0.2) is 42.5 Å². The fourth-order valence-corrected chi connectivity index (χ4v) is 2.83. The Bertz CT molecular complexity index is 708. The number of amides is 1. The van der Waals surface area contributed by atoms with Gasteiger partial charge in [0, 0.05) is 16.5 Å². The number of hydrogen-bond donors (Lipinski definition) is 1. The molecule has 22 heavy (non-hydrogen) atoms. The molecule has 1 N–H and O–H groups in total. The third-order valence-corrected chi connectivity index (χ3v) is 4.54. The molecule has 0 radical (unpaired) electrons. The van der Waals surface area contributed by atoms with Gasteiger partial charge in [-0.1, -0.05) is 29.8 Å². The maximum Gasteiger partial charge on any atom is 0.234 e. The van der Waals surface area contributed by atoms with Gasteiger partial charge in [-0.2, -0.15) is 5.26 Å². The zero-order chi connectivity index (χ0) is 15.9. The van der Waals surface area contributed by atoms with Gasteiger partial charge in [0.15, 0.2) is 0 Å². The highest BCUT2D eigenvalue weighted by Crippen LogP contribution is 2.23. The largest absolute Gasteiger partial charge is 0.325 e. The lowest BCUT2D eigenvalue weighted by molar-refractivity contribution is -0.113. The number of nitrogens with zero attached hydrogens (tertiary/aromatic N) is 1. The van der Waals surface area contributed by atoms with Gasteiger partial charge in [0.2, 0.25) is 5.91 Å². The summed E-state index contributed by atoms with van der Waals surface area (Å²) >= 11 is 7.56. The van der Waals surface area contributed by atoms with Crippen LogP contribution in [0.1, 0.15) is 16.7 Å². The van der Waals surface area contributed by atoms with Crippen LogP contribution in [0.4, 0.5) is 5.69 Å². The van der Waals surface area contributed by atoms with Crippen LogP contribution < -0.4 is 5.32 Å². The fourth-order valence-electron chi connectivity index (χ4n) is 1.87. The van der Waals surface area contributed by atoms with Gasteiger partial charge in [-0.25, -0.2) is 0 Å². The molecule has 0 unspecified atom stereocenters. The number of anilines is 1. The molecule has 0 aromatic heterocycles. The van der Waals surface area contributed by atoms with E-state index in [0.29, 0.717) is 16.3 Å². The summed E-state index contributed by atoms with van der Waals surface area (Å²) in [5, 5.41) is 12.3. The average molecular weight is 331 g/mol. The molecule has 0 fully saturated rings. The Morgan fingerprint density at radius 2 is 2.00 bits per heavy atom. The molecule has 0 saturated carbocycles. The van der Waals surface area contributed by atoms with Crippen molar-refractivity contribution >= 4 is 35.0 Å². The number of halogens is 1. The molecule has 0 heterocycles. The van der Waals surface area contributed by atoms with Crippen LogP contribution in [0, 0.1) is 18.3 Å². The zero-order valence-corrected chi connectivity index (χ0v) is 13.7. The first-order valence-electron chi connectivity index (χ1n) is 6.72. The Morgan fingerprint density at radius 1 is 1.27 bits per heavy atom. The van der Waals surface area contributed by atoms with Crippen LogP contribution in [0.2, 0.25) is 5.02 Å². The molecule has 2 rings (SSSR count). The zero-order valence-electron chi connectivity index (χ0n) is 12.1. The second-order valence-electron chi connectivity index (χ2n) is 4.76. The molecule has 1 amide bonds. The SMILES string of the molecule is Cc1c(Cl)cccc1NC(=O)CSCc1ccc(C#N)cc1. The standard InChI is InChI=1S/C17H15ClN2OS/c1-12-15(18)3-2-4-16(12)20-17(21)11-22-10-14-7-5-13(9-19)6-8-14/h2-8H,10-11H2,1H3,(H,20,21). The normalized spacial score (nSPS) is 10.0. The van der Waals surface area contributed by atoms with E-state index in [0.717, 1.165) is 22.6 Å². The molecule has 0 saturated heterocycles. The van der Waals surface area contributed by atoms with E-state index < -0.39 is 0 Å². The molecule has 0 bridgehead atoms. The van der Waals surface area contributed by atoms with Crippen LogP contribution >= 0.6 is 23.4 Å². The predicted octanol–water partition coefficient (Wildman–Crippen LogP) is 4.39. The van der Waals surface area contributed by atoms with Crippen molar-refractivity contribution in [1.29, 1.82) is 5.26 Å². The summed E-state index contributed by atoms with van der Waals surface area (Å²) in [5.74, 6) is 1.04. The number of hydrogen-bond acceptors (Lipinski definition) is 3. The number of thioether (sulfide) groups is 1. The summed E-state index contributed by atoms with van der Waals surface area (Å²) in [5.41, 5.74) is 3.35. The van der Waals surface area contributed by atoms with Gasteiger partial charge >= 0.3 is 0 Å². The van der Waals surface area contributed by atoms with E-state index in [9.17, 15) is 4.79 Å². The molecular formula is C17H15ClN2OS. The van der Waals surface area contributed by atoms with Crippen molar-refractivity contribution in [2.24, 2.45) is 0 Å². The summed E-state index contributed by atoms with van der Waals surface area (Å²) in [6, 6.07) is 14.9. The van der Waals surface area contributed by atoms with Crippen LogP contribution in [-0.4, -0.2) is 11.7 Å². The van der Waals surface area contributed by atoms with Crippen molar-refractivity contribution < 1.29 is 4.79 Å². The van der Waals surface area contributed by atoms with Gasteiger partial charge in [0.05, 0.1) is 17.4 Å². The van der Waals surface area contributed by atoms with Gasteiger partial charge in [0.25, 0.3) is 0 Å². The van der Waals surface area contributed by atoms with E-state index in [-0.39, 0.29) is 5.91 Å². The van der Waals surface area contributed by atoms with Crippen molar-refractivity contribution in [3.05, 3.63) is 64.2 Å². The number of carbonyl (C=O) groups is 1.